The van der Waals surface area contributed by atoms with Crippen molar-refractivity contribution in [1.29, 1.82) is 0 Å². The molecular weight excluding hydrogens is 264 g/mol. The van der Waals surface area contributed by atoms with Crippen molar-refractivity contribution in [3.63, 3.8) is 0 Å². The van der Waals surface area contributed by atoms with Crippen LogP contribution in [0.15, 0.2) is 48.5 Å². The quantitative estimate of drug-likeness (QED) is 0.774. The first-order valence-electron chi connectivity index (χ1n) is 7.04. The predicted octanol–water partition coefficient (Wildman–Crippen LogP) is 4.14. The molecule has 0 aromatic heterocycles. The van der Waals surface area contributed by atoms with Crippen molar-refractivity contribution >= 4 is 5.97 Å². The molecule has 0 heterocycles. The van der Waals surface area contributed by atoms with Crippen molar-refractivity contribution in [1.82, 2.24) is 0 Å². The van der Waals surface area contributed by atoms with Gasteiger partial charge in [0.05, 0.1) is 11.7 Å². The highest BCUT2D eigenvalue weighted by Crippen LogP contribution is 2.16. The van der Waals surface area contributed by atoms with E-state index in [1.165, 1.54) is 5.56 Å². The van der Waals surface area contributed by atoms with E-state index in [0.717, 1.165) is 5.56 Å². The maximum atomic E-state index is 11.8. The van der Waals surface area contributed by atoms with Gasteiger partial charge in [-0.1, -0.05) is 35.9 Å². The third-order valence-electron chi connectivity index (χ3n) is 2.94. The molecule has 0 spiro atoms. The van der Waals surface area contributed by atoms with Gasteiger partial charge in [0.2, 0.25) is 0 Å². The number of hydrogen-bond donors (Lipinski definition) is 0. The van der Waals surface area contributed by atoms with Crippen molar-refractivity contribution in [2.45, 2.75) is 33.5 Å². The normalized spacial score (nSPS) is 10.5. The number of ether oxygens (including phenoxy) is 2. The highest BCUT2D eigenvalue weighted by molar-refractivity contribution is 5.89. The molecule has 21 heavy (non-hydrogen) atoms. The lowest BCUT2D eigenvalue weighted by atomic mass is 10.2. The summed E-state index contributed by atoms with van der Waals surface area (Å²) in [5.74, 6) is 0.333. The van der Waals surface area contributed by atoms with Crippen LogP contribution in [0.1, 0.15) is 35.3 Å². The molecule has 0 saturated carbocycles. The Morgan fingerprint density at radius 2 is 1.81 bits per heavy atom. The monoisotopic (exact) mass is 284 g/mol. The van der Waals surface area contributed by atoms with Gasteiger partial charge >= 0.3 is 5.97 Å². The summed E-state index contributed by atoms with van der Waals surface area (Å²) in [4.78, 5) is 11.8. The van der Waals surface area contributed by atoms with Gasteiger partial charge in [-0.15, -0.1) is 0 Å². The van der Waals surface area contributed by atoms with E-state index in [9.17, 15) is 4.79 Å². The van der Waals surface area contributed by atoms with Gasteiger partial charge in [0.25, 0.3) is 0 Å². The second-order valence-electron chi connectivity index (χ2n) is 5.26. The van der Waals surface area contributed by atoms with E-state index >= 15 is 0 Å². The second kappa shape index (κ2) is 6.93. The number of carbonyl (C=O) groups excluding carboxylic acids is 1. The van der Waals surface area contributed by atoms with Crippen molar-refractivity contribution in [2.24, 2.45) is 0 Å². The van der Waals surface area contributed by atoms with Crippen LogP contribution in [0.25, 0.3) is 0 Å². The van der Waals surface area contributed by atoms with Crippen molar-refractivity contribution < 1.29 is 14.3 Å². The Morgan fingerprint density at radius 3 is 2.48 bits per heavy atom. The number of rotatable bonds is 5. The number of carbonyl (C=O) groups is 1. The standard InChI is InChI=1S/C18H20O3/c1-13(2)21-18(19)16-5-4-6-17(11-16)20-12-15-9-7-14(3)8-10-15/h4-11,13H,12H2,1-3H3. The van der Waals surface area contributed by atoms with Crippen LogP contribution in [0, 0.1) is 6.92 Å². The van der Waals surface area contributed by atoms with E-state index in [0.29, 0.717) is 17.9 Å². The Kier molecular flexibility index (Phi) is 4.99. The second-order valence-corrected chi connectivity index (χ2v) is 5.26. The summed E-state index contributed by atoms with van der Waals surface area (Å²) in [6.07, 6.45) is -0.130. The van der Waals surface area contributed by atoms with Gasteiger partial charge in [0.1, 0.15) is 12.4 Å². The van der Waals surface area contributed by atoms with Crippen LogP contribution in [-0.2, 0) is 11.3 Å². The Balaban J connectivity index is 2.00. The van der Waals surface area contributed by atoms with Crippen LogP contribution < -0.4 is 4.74 Å². The fourth-order valence-electron chi connectivity index (χ4n) is 1.85. The molecule has 0 aliphatic carbocycles. The average Bonchev–Trinajstić information content (AvgIpc) is 2.46. The summed E-state index contributed by atoms with van der Waals surface area (Å²) in [5.41, 5.74) is 2.82. The maximum Gasteiger partial charge on any atom is 0.338 e. The Morgan fingerprint density at radius 1 is 1.10 bits per heavy atom. The molecule has 3 nitrogen and oxygen atoms in total. The summed E-state index contributed by atoms with van der Waals surface area (Å²) in [7, 11) is 0. The summed E-state index contributed by atoms with van der Waals surface area (Å²) in [6.45, 7) is 6.18. The average molecular weight is 284 g/mol. The molecule has 0 radical (unpaired) electrons. The lowest BCUT2D eigenvalue weighted by Gasteiger charge is -2.10. The molecular formula is C18H20O3. The molecule has 0 fully saturated rings. The van der Waals surface area contributed by atoms with Gasteiger partial charge in [0.15, 0.2) is 0 Å². The lowest BCUT2D eigenvalue weighted by molar-refractivity contribution is 0.0377. The summed E-state index contributed by atoms with van der Waals surface area (Å²) < 4.78 is 10.9. The molecule has 0 amide bonds. The molecule has 0 bridgehead atoms. The smallest absolute Gasteiger partial charge is 0.338 e. The molecule has 0 aliphatic heterocycles. The van der Waals surface area contributed by atoms with Crippen LogP contribution in [0.3, 0.4) is 0 Å². The minimum absolute atomic E-state index is 0.130. The number of esters is 1. The minimum Gasteiger partial charge on any atom is -0.489 e. The van der Waals surface area contributed by atoms with E-state index in [2.05, 4.69) is 19.1 Å². The largest absolute Gasteiger partial charge is 0.489 e. The van der Waals surface area contributed by atoms with Crippen molar-refractivity contribution in [3.05, 3.63) is 65.2 Å². The Hall–Kier alpha value is -2.29. The number of aryl methyl sites for hydroxylation is 1. The van der Waals surface area contributed by atoms with Crippen LogP contribution in [0.4, 0.5) is 0 Å². The minimum atomic E-state index is -0.328. The van der Waals surface area contributed by atoms with Gasteiger partial charge in [-0.05, 0) is 44.5 Å². The first-order chi connectivity index (χ1) is 10.0. The molecule has 0 saturated heterocycles. The van der Waals surface area contributed by atoms with E-state index in [1.54, 1.807) is 18.2 Å². The van der Waals surface area contributed by atoms with Crippen LogP contribution >= 0.6 is 0 Å². The summed E-state index contributed by atoms with van der Waals surface area (Å²) in [6, 6.07) is 15.2. The number of hydrogen-bond acceptors (Lipinski definition) is 3. The molecule has 2 aromatic carbocycles. The molecule has 2 aromatic rings. The molecule has 0 atom stereocenters. The van der Waals surface area contributed by atoms with Crippen LogP contribution in [0.5, 0.6) is 5.75 Å². The topological polar surface area (TPSA) is 35.5 Å². The summed E-state index contributed by atoms with van der Waals surface area (Å²) in [5, 5.41) is 0. The molecule has 3 heteroatoms. The molecule has 2 rings (SSSR count). The third-order valence-corrected chi connectivity index (χ3v) is 2.94. The van der Waals surface area contributed by atoms with Crippen molar-refractivity contribution in [2.75, 3.05) is 0 Å². The lowest BCUT2D eigenvalue weighted by Crippen LogP contribution is -2.11. The van der Waals surface area contributed by atoms with Gasteiger partial charge in [-0.2, -0.15) is 0 Å². The molecule has 0 aliphatic rings. The Labute approximate surface area is 125 Å². The van der Waals surface area contributed by atoms with Gasteiger partial charge < -0.3 is 9.47 Å². The number of benzene rings is 2. The fraction of sp³-hybridized carbons (Fsp3) is 0.278. The van der Waals surface area contributed by atoms with Gasteiger partial charge in [0, 0.05) is 0 Å². The van der Waals surface area contributed by atoms with E-state index in [4.69, 9.17) is 9.47 Å². The molecule has 0 unspecified atom stereocenters. The van der Waals surface area contributed by atoms with Crippen LogP contribution in [0.2, 0.25) is 0 Å². The van der Waals surface area contributed by atoms with E-state index < -0.39 is 0 Å². The predicted molar refractivity (Wildman–Crippen MR) is 82.5 cm³/mol. The first kappa shape index (κ1) is 15.1. The zero-order chi connectivity index (χ0) is 15.2. The van der Waals surface area contributed by atoms with Crippen molar-refractivity contribution in [3.8, 4) is 5.75 Å². The fourth-order valence-corrected chi connectivity index (χ4v) is 1.85. The SMILES string of the molecule is Cc1ccc(COc2cccc(C(=O)OC(C)C)c2)cc1. The zero-order valence-corrected chi connectivity index (χ0v) is 12.6. The highest BCUT2D eigenvalue weighted by atomic mass is 16.5. The highest BCUT2D eigenvalue weighted by Gasteiger charge is 2.10. The van der Waals surface area contributed by atoms with E-state index in [-0.39, 0.29) is 12.1 Å². The molecule has 0 N–H and O–H groups in total. The zero-order valence-electron chi connectivity index (χ0n) is 12.6. The first-order valence-corrected chi connectivity index (χ1v) is 7.04. The summed E-state index contributed by atoms with van der Waals surface area (Å²) >= 11 is 0. The van der Waals surface area contributed by atoms with Crippen LogP contribution in [-0.4, -0.2) is 12.1 Å². The Bertz CT molecular complexity index is 600. The van der Waals surface area contributed by atoms with Gasteiger partial charge in [-0.3, -0.25) is 0 Å². The van der Waals surface area contributed by atoms with Gasteiger partial charge in [-0.25, -0.2) is 4.79 Å². The molecule has 110 valence electrons. The maximum absolute atomic E-state index is 11.8. The van der Waals surface area contributed by atoms with E-state index in [1.807, 2.05) is 32.0 Å². The third kappa shape index (κ3) is 4.63.